The first-order chi connectivity index (χ1) is 15.4. The number of Topliss-reactive ketones (excluding diaryl/α,β-unsaturated/α-hetero) is 1. The van der Waals surface area contributed by atoms with Crippen molar-refractivity contribution in [2.75, 3.05) is 11.5 Å². The van der Waals surface area contributed by atoms with E-state index in [1.54, 1.807) is 48.7 Å². The Balaban J connectivity index is 1.88. The second-order valence-corrected chi connectivity index (χ2v) is 7.79. The number of aliphatic hydroxyl groups excluding tert-OH is 1. The Bertz CT molecular complexity index is 1210. The second-order valence-electron chi connectivity index (χ2n) is 6.98. The summed E-state index contributed by atoms with van der Waals surface area (Å²) >= 11 is 12.1. The maximum Gasteiger partial charge on any atom is 0.300 e. The van der Waals surface area contributed by atoms with Crippen molar-refractivity contribution in [3.8, 4) is 5.75 Å². The number of hydrogen-bond acceptors (Lipinski definition) is 5. The van der Waals surface area contributed by atoms with Crippen molar-refractivity contribution in [1.82, 2.24) is 4.98 Å². The Labute approximate surface area is 194 Å². The maximum atomic E-state index is 13.1. The standard InChI is InChI=1S/C24H18Cl2N2O4/c1-2-32-16-9-7-15(8-10-16)28-21(19-5-3-4-12-27-19)20(23(30)24(28)31)22(29)14-6-11-17(25)18(26)13-14/h3-13,21,29H,2H2,1H3/b22-20-. The van der Waals surface area contributed by atoms with Gasteiger partial charge in [0, 0.05) is 17.4 Å². The number of carbonyl (C=O) groups excluding carboxylic acids is 2. The van der Waals surface area contributed by atoms with Gasteiger partial charge < -0.3 is 9.84 Å². The molecule has 1 atom stereocenters. The summed E-state index contributed by atoms with van der Waals surface area (Å²) in [6, 6.07) is 15.5. The highest BCUT2D eigenvalue weighted by molar-refractivity contribution is 6.51. The fourth-order valence-electron chi connectivity index (χ4n) is 3.58. The van der Waals surface area contributed by atoms with Crippen molar-refractivity contribution in [2.24, 2.45) is 0 Å². The Kier molecular flexibility index (Phi) is 6.17. The molecule has 6 nitrogen and oxygen atoms in total. The number of benzene rings is 2. The number of anilines is 1. The number of carbonyl (C=O) groups is 2. The van der Waals surface area contributed by atoms with Crippen LogP contribution < -0.4 is 9.64 Å². The van der Waals surface area contributed by atoms with Crippen molar-refractivity contribution in [3.63, 3.8) is 0 Å². The Morgan fingerprint density at radius 1 is 1.06 bits per heavy atom. The van der Waals surface area contributed by atoms with Gasteiger partial charge in [0.05, 0.1) is 27.9 Å². The van der Waals surface area contributed by atoms with Gasteiger partial charge >= 0.3 is 0 Å². The van der Waals surface area contributed by atoms with E-state index in [2.05, 4.69) is 4.98 Å². The molecule has 4 rings (SSSR count). The van der Waals surface area contributed by atoms with E-state index in [-0.39, 0.29) is 21.9 Å². The number of pyridine rings is 1. The predicted octanol–water partition coefficient (Wildman–Crippen LogP) is 5.41. The number of aromatic nitrogens is 1. The van der Waals surface area contributed by atoms with Gasteiger partial charge in [-0.25, -0.2) is 0 Å². The maximum absolute atomic E-state index is 13.1. The van der Waals surface area contributed by atoms with Gasteiger partial charge in [-0.2, -0.15) is 0 Å². The van der Waals surface area contributed by atoms with Crippen LogP contribution in [0.1, 0.15) is 24.2 Å². The number of aliphatic hydroxyl groups is 1. The average molecular weight is 469 g/mol. The minimum Gasteiger partial charge on any atom is -0.507 e. The lowest BCUT2D eigenvalue weighted by atomic mass is 9.98. The van der Waals surface area contributed by atoms with Gasteiger partial charge in [0.1, 0.15) is 17.6 Å². The minimum atomic E-state index is -0.927. The van der Waals surface area contributed by atoms with E-state index in [0.29, 0.717) is 28.8 Å². The highest BCUT2D eigenvalue weighted by atomic mass is 35.5. The number of amides is 1. The molecule has 1 saturated heterocycles. The van der Waals surface area contributed by atoms with Crippen LogP contribution in [0.25, 0.3) is 5.76 Å². The molecule has 2 heterocycles. The van der Waals surface area contributed by atoms with Gasteiger partial charge in [-0.1, -0.05) is 29.3 Å². The first-order valence-corrected chi connectivity index (χ1v) is 10.6. The van der Waals surface area contributed by atoms with Gasteiger partial charge in [0.25, 0.3) is 11.7 Å². The molecule has 3 aromatic rings. The fraction of sp³-hybridized carbons (Fsp3) is 0.125. The number of halogens is 2. The Morgan fingerprint density at radius 3 is 2.44 bits per heavy atom. The summed E-state index contributed by atoms with van der Waals surface area (Å²) in [7, 11) is 0. The van der Waals surface area contributed by atoms with Crippen LogP contribution in [0.4, 0.5) is 5.69 Å². The number of rotatable bonds is 5. The van der Waals surface area contributed by atoms with Crippen molar-refractivity contribution in [2.45, 2.75) is 13.0 Å². The normalized spacial score (nSPS) is 17.6. The summed E-state index contributed by atoms with van der Waals surface area (Å²) in [6.45, 7) is 2.37. The third-order valence-electron chi connectivity index (χ3n) is 5.03. The first kappa shape index (κ1) is 21.9. The SMILES string of the molecule is CCOc1ccc(N2C(=O)C(=O)/C(=C(\O)c3ccc(Cl)c(Cl)c3)C2c2ccccn2)cc1. The highest BCUT2D eigenvalue weighted by Gasteiger charge is 2.47. The van der Waals surface area contributed by atoms with E-state index >= 15 is 0 Å². The van der Waals surface area contributed by atoms with Crippen LogP contribution >= 0.6 is 23.2 Å². The average Bonchev–Trinajstić information content (AvgIpc) is 3.07. The van der Waals surface area contributed by atoms with E-state index in [1.165, 1.54) is 23.1 Å². The summed E-state index contributed by atoms with van der Waals surface area (Å²) in [5.74, 6) is -1.31. The van der Waals surface area contributed by atoms with Crippen LogP contribution in [-0.4, -0.2) is 28.4 Å². The highest BCUT2D eigenvalue weighted by Crippen LogP contribution is 2.42. The van der Waals surface area contributed by atoms with E-state index in [4.69, 9.17) is 27.9 Å². The number of ether oxygens (including phenoxy) is 1. The zero-order valence-corrected chi connectivity index (χ0v) is 18.5. The zero-order chi connectivity index (χ0) is 22.8. The first-order valence-electron chi connectivity index (χ1n) is 9.82. The molecule has 0 aliphatic carbocycles. The van der Waals surface area contributed by atoms with Gasteiger partial charge in [-0.15, -0.1) is 0 Å². The topological polar surface area (TPSA) is 79.7 Å². The molecule has 0 radical (unpaired) electrons. The van der Waals surface area contributed by atoms with Crippen LogP contribution in [-0.2, 0) is 9.59 Å². The summed E-state index contributed by atoms with van der Waals surface area (Å²) < 4.78 is 5.47. The van der Waals surface area contributed by atoms with E-state index in [9.17, 15) is 14.7 Å². The van der Waals surface area contributed by atoms with Crippen LogP contribution in [0, 0.1) is 0 Å². The molecule has 1 N–H and O–H groups in total. The fourth-order valence-corrected chi connectivity index (χ4v) is 3.88. The molecule has 1 aliphatic heterocycles. The van der Waals surface area contributed by atoms with Crippen molar-refractivity contribution in [1.29, 1.82) is 0 Å². The third-order valence-corrected chi connectivity index (χ3v) is 5.77. The van der Waals surface area contributed by atoms with Crippen LogP contribution in [0.5, 0.6) is 5.75 Å². The molecule has 1 aliphatic rings. The van der Waals surface area contributed by atoms with E-state index in [0.717, 1.165) is 0 Å². The van der Waals surface area contributed by atoms with Gasteiger partial charge in [0.15, 0.2) is 0 Å². The summed E-state index contributed by atoms with van der Waals surface area (Å²) in [5.41, 5.74) is 1.09. The lowest BCUT2D eigenvalue weighted by Crippen LogP contribution is -2.29. The van der Waals surface area contributed by atoms with Gasteiger partial charge in [0.2, 0.25) is 0 Å². The monoisotopic (exact) mass is 468 g/mol. The molecule has 0 spiro atoms. The molecule has 0 bridgehead atoms. The molecule has 32 heavy (non-hydrogen) atoms. The lowest BCUT2D eigenvalue weighted by Gasteiger charge is -2.24. The lowest BCUT2D eigenvalue weighted by molar-refractivity contribution is -0.132. The predicted molar refractivity (Wildman–Crippen MR) is 123 cm³/mol. The van der Waals surface area contributed by atoms with Crippen molar-refractivity contribution >= 4 is 46.3 Å². The number of hydrogen-bond donors (Lipinski definition) is 1. The van der Waals surface area contributed by atoms with Crippen LogP contribution in [0.15, 0.2) is 72.4 Å². The molecular weight excluding hydrogens is 451 g/mol. The minimum absolute atomic E-state index is 0.0824. The molecule has 162 valence electrons. The Morgan fingerprint density at radius 2 is 1.81 bits per heavy atom. The van der Waals surface area contributed by atoms with Crippen molar-refractivity contribution < 1.29 is 19.4 Å². The summed E-state index contributed by atoms with van der Waals surface area (Å²) in [5, 5.41) is 11.6. The molecule has 0 saturated carbocycles. The molecular formula is C24H18Cl2N2O4. The quantitative estimate of drug-likeness (QED) is 0.307. The zero-order valence-electron chi connectivity index (χ0n) is 17.0. The Hall–Kier alpha value is -3.35. The smallest absolute Gasteiger partial charge is 0.300 e. The largest absolute Gasteiger partial charge is 0.507 e. The number of ketones is 1. The molecule has 1 fully saturated rings. The third kappa shape index (κ3) is 3.95. The van der Waals surface area contributed by atoms with Gasteiger partial charge in [-0.3, -0.25) is 19.5 Å². The van der Waals surface area contributed by atoms with Crippen LogP contribution in [0.2, 0.25) is 10.0 Å². The number of nitrogens with zero attached hydrogens (tertiary/aromatic N) is 2. The van der Waals surface area contributed by atoms with Crippen molar-refractivity contribution in [3.05, 3.63) is 93.7 Å². The summed E-state index contributed by atoms with van der Waals surface area (Å²) in [6.07, 6.45) is 1.56. The molecule has 2 aromatic carbocycles. The van der Waals surface area contributed by atoms with Crippen LogP contribution in [0.3, 0.4) is 0 Å². The molecule has 8 heteroatoms. The summed E-state index contributed by atoms with van der Waals surface area (Å²) in [4.78, 5) is 31.9. The van der Waals surface area contributed by atoms with E-state index in [1.807, 2.05) is 6.92 Å². The molecule has 1 unspecified atom stereocenters. The second kappa shape index (κ2) is 9.02. The van der Waals surface area contributed by atoms with Gasteiger partial charge in [-0.05, 0) is 61.5 Å². The van der Waals surface area contributed by atoms with E-state index < -0.39 is 17.7 Å². The molecule has 1 aromatic heterocycles. The molecule has 1 amide bonds.